The molecule has 0 spiro atoms. The fourth-order valence-electron chi connectivity index (χ4n) is 6.12. The van der Waals surface area contributed by atoms with Crippen molar-refractivity contribution >= 4 is 17.7 Å². The highest BCUT2D eigenvalue weighted by molar-refractivity contribution is 7.99. The molecule has 8 unspecified atom stereocenters. The second-order valence-electron chi connectivity index (χ2n) is 9.66. The van der Waals surface area contributed by atoms with Crippen LogP contribution in [0.15, 0.2) is 11.8 Å². The van der Waals surface area contributed by atoms with Crippen LogP contribution in [0.3, 0.4) is 0 Å². The predicted molar refractivity (Wildman–Crippen MR) is 122 cm³/mol. The molecule has 7 heteroatoms. The molecule has 4 rings (SSSR count). The first-order chi connectivity index (χ1) is 15.0. The zero-order valence-electron chi connectivity index (χ0n) is 19.2. The van der Waals surface area contributed by atoms with Gasteiger partial charge in [-0.05, 0) is 55.8 Å². The van der Waals surface area contributed by atoms with E-state index in [-0.39, 0.29) is 35.9 Å². The second kappa shape index (κ2) is 10.5. The average molecular weight is 455 g/mol. The summed E-state index contributed by atoms with van der Waals surface area (Å²) in [5, 5.41) is 0.593. The molecule has 1 N–H and O–H groups in total. The average Bonchev–Trinajstić information content (AvgIpc) is 2.79. The lowest BCUT2D eigenvalue weighted by atomic mass is 9.72. The normalized spacial score (nSPS) is 41.6. The standard InChI is InChI=1S/C24H39FN2O3S/c1-4-15-7-6-8-21(22(15)25)29-20-10-9-16(31-5-2)13-18(20)19-14-27(3)24(28)23-17(19)11-12-26-30-23/h14-18,20-23,26H,4-13H2,1-3H3. The van der Waals surface area contributed by atoms with E-state index in [2.05, 4.69) is 19.3 Å². The number of hydroxylamine groups is 1. The Morgan fingerprint density at radius 3 is 2.81 bits per heavy atom. The molecule has 2 aliphatic carbocycles. The van der Waals surface area contributed by atoms with Crippen molar-refractivity contribution < 1.29 is 18.8 Å². The first kappa shape index (κ1) is 23.5. The summed E-state index contributed by atoms with van der Waals surface area (Å²) in [5.74, 6) is 1.55. The van der Waals surface area contributed by atoms with Gasteiger partial charge in [0.2, 0.25) is 0 Å². The van der Waals surface area contributed by atoms with Crippen molar-refractivity contribution in [3.05, 3.63) is 11.8 Å². The molecule has 0 aromatic heterocycles. The molecule has 3 fully saturated rings. The minimum absolute atomic E-state index is 0.00982. The molecule has 0 radical (unpaired) electrons. The summed E-state index contributed by atoms with van der Waals surface area (Å²) >= 11 is 2.02. The van der Waals surface area contributed by atoms with E-state index in [0.717, 1.165) is 63.7 Å². The molecule has 4 aliphatic rings. The van der Waals surface area contributed by atoms with Crippen LogP contribution in [0.2, 0.25) is 0 Å². The van der Waals surface area contributed by atoms with Gasteiger partial charge in [0.25, 0.3) is 5.91 Å². The second-order valence-corrected chi connectivity index (χ2v) is 11.2. The largest absolute Gasteiger partial charge is 0.371 e. The van der Waals surface area contributed by atoms with Gasteiger partial charge in [0, 0.05) is 36.9 Å². The number of carbonyl (C=O) groups is 1. The molecule has 8 atom stereocenters. The number of amides is 1. The predicted octanol–water partition coefficient (Wildman–Crippen LogP) is 4.48. The molecule has 176 valence electrons. The minimum atomic E-state index is -0.860. The Morgan fingerprint density at radius 2 is 2.03 bits per heavy atom. The Bertz CT molecular complexity index is 663. The SMILES string of the molecule is CCSC1CCC(OC2CCCC(CC)C2F)C(C2=CN(C)C(=O)C3ONCCC23)C1. The van der Waals surface area contributed by atoms with E-state index < -0.39 is 12.3 Å². The van der Waals surface area contributed by atoms with Crippen LogP contribution < -0.4 is 5.48 Å². The third kappa shape index (κ3) is 4.99. The lowest BCUT2D eigenvalue weighted by molar-refractivity contribution is -0.159. The zero-order chi connectivity index (χ0) is 22.0. The molecule has 2 aliphatic heterocycles. The van der Waals surface area contributed by atoms with Crippen molar-refractivity contribution in [1.82, 2.24) is 10.4 Å². The summed E-state index contributed by atoms with van der Waals surface area (Å²) in [5.41, 5.74) is 4.20. The van der Waals surface area contributed by atoms with E-state index in [4.69, 9.17) is 9.57 Å². The molecular formula is C24H39FN2O3S. The number of likely N-dealkylation sites (N-methyl/N-ethyl adjacent to an activating group) is 1. The molecule has 2 saturated carbocycles. The van der Waals surface area contributed by atoms with Crippen molar-refractivity contribution in [3.63, 3.8) is 0 Å². The zero-order valence-corrected chi connectivity index (χ0v) is 20.0. The highest BCUT2D eigenvalue weighted by Crippen LogP contribution is 2.45. The van der Waals surface area contributed by atoms with Gasteiger partial charge in [-0.25, -0.2) is 9.87 Å². The van der Waals surface area contributed by atoms with Gasteiger partial charge in [-0.1, -0.05) is 26.7 Å². The van der Waals surface area contributed by atoms with Crippen LogP contribution in [-0.4, -0.2) is 59.9 Å². The van der Waals surface area contributed by atoms with Crippen LogP contribution in [-0.2, 0) is 14.4 Å². The van der Waals surface area contributed by atoms with E-state index in [1.54, 1.807) is 4.90 Å². The van der Waals surface area contributed by atoms with Gasteiger partial charge in [-0.2, -0.15) is 11.8 Å². The number of rotatable bonds is 6. The highest BCUT2D eigenvalue weighted by Gasteiger charge is 2.46. The topological polar surface area (TPSA) is 50.8 Å². The number of hydrogen-bond acceptors (Lipinski definition) is 5. The van der Waals surface area contributed by atoms with Gasteiger partial charge >= 0.3 is 0 Å². The molecular weight excluding hydrogens is 415 g/mol. The maximum atomic E-state index is 15.2. The van der Waals surface area contributed by atoms with E-state index >= 15 is 4.39 Å². The molecule has 2 heterocycles. The van der Waals surface area contributed by atoms with E-state index in [1.807, 2.05) is 25.0 Å². The van der Waals surface area contributed by atoms with Crippen LogP contribution >= 0.6 is 11.8 Å². The van der Waals surface area contributed by atoms with Crippen LogP contribution in [0.25, 0.3) is 0 Å². The van der Waals surface area contributed by atoms with Crippen LogP contribution in [0.5, 0.6) is 0 Å². The Balaban J connectivity index is 1.57. The number of thioether (sulfide) groups is 1. The van der Waals surface area contributed by atoms with E-state index in [0.29, 0.717) is 5.25 Å². The number of nitrogens with zero attached hydrogens (tertiary/aromatic N) is 1. The fraction of sp³-hybridized carbons (Fsp3) is 0.875. The van der Waals surface area contributed by atoms with Crippen LogP contribution in [0.4, 0.5) is 4.39 Å². The quantitative estimate of drug-likeness (QED) is 0.642. The van der Waals surface area contributed by atoms with Crippen LogP contribution in [0, 0.1) is 17.8 Å². The van der Waals surface area contributed by atoms with Crippen molar-refractivity contribution in [2.24, 2.45) is 17.8 Å². The van der Waals surface area contributed by atoms with Crippen LogP contribution in [0.1, 0.15) is 65.2 Å². The molecule has 0 bridgehead atoms. The number of fused-ring (bicyclic) bond motifs is 1. The number of hydrogen-bond donors (Lipinski definition) is 1. The molecule has 0 aromatic rings. The maximum Gasteiger partial charge on any atom is 0.258 e. The van der Waals surface area contributed by atoms with Gasteiger partial charge in [0.1, 0.15) is 6.17 Å². The van der Waals surface area contributed by atoms with Gasteiger partial charge < -0.3 is 9.64 Å². The molecule has 1 saturated heterocycles. The van der Waals surface area contributed by atoms with Gasteiger partial charge in [-0.3, -0.25) is 9.63 Å². The lowest BCUT2D eigenvalue weighted by Crippen LogP contribution is -2.53. The molecule has 31 heavy (non-hydrogen) atoms. The third-order valence-electron chi connectivity index (χ3n) is 7.81. The first-order valence-corrected chi connectivity index (χ1v) is 13.4. The maximum absolute atomic E-state index is 15.2. The van der Waals surface area contributed by atoms with Gasteiger partial charge in [0.05, 0.1) is 12.2 Å². The number of carbonyl (C=O) groups excluding carboxylic acids is 1. The minimum Gasteiger partial charge on any atom is -0.371 e. The van der Waals surface area contributed by atoms with Crippen molar-refractivity contribution in [2.45, 2.75) is 94.9 Å². The number of nitrogens with one attached hydrogen (secondary N) is 1. The Labute approximate surface area is 190 Å². The molecule has 0 aromatic carbocycles. The summed E-state index contributed by atoms with van der Waals surface area (Å²) < 4.78 is 21.8. The lowest BCUT2D eigenvalue weighted by Gasteiger charge is -2.46. The van der Waals surface area contributed by atoms with Crippen molar-refractivity contribution in [1.29, 1.82) is 0 Å². The van der Waals surface area contributed by atoms with E-state index in [1.165, 1.54) is 5.57 Å². The Morgan fingerprint density at radius 1 is 1.19 bits per heavy atom. The Hall–Kier alpha value is -0.630. The number of ether oxygens (including phenoxy) is 1. The monoisotopic (exact) mass is 454 g/mol. The van der Waals surface area contributed by atoms with Gasteiger partial charge in [0.15, 0.2) is 6.10 Å². The summed E-state index contributed by atoms with van der Waals surface area (Å²) in [4.78, 5) is 20.1. The number of alkyl halides is 1. The molecule has 5 nitrogen and oxygen atoms in total. The van der Waals surface area contributed by atoms with Crippen molar-refractivity contribution in [2.75, 3.05) is 19.3 Å². The summed E-state index contributed by atoms with van der Waals surface area (Å²) in [6.45, 7) is 5.05. The summed E-state index contributed by atoms with van der Waals surface area (Å²) in [7, 11) is 1.82. The summed E-state index contributed by atoms with van der Waals surface area (Å²) in [6.07, 6.45) is 8.21. The first-order valence-electron chi connectivity index (χ1n) is 12.3. The third-order valence-corrected chi connectivity index (χ3v) is 9.04. The number of halogens is 1. The molecule has 1 amide bonds. The van der Waals surface area contributed by atoms with Gasteiger partial charge in [-0.15, -0.1) is 0 Å². The van der Waals surface area contributed by atoms with E-state index in [9.17, 15) is 4.79 Å². The Kier molecular flexibility index (Phi) is 7.99. The smallest absolute Gasteiger partial charge is 0.258 e. The summed E-state index contributed by atoms with van der Waals surface area (Å²) in [6, 6.07) is 0. The highest BCUT2D eigenvalue weighted by atomic mass is 32.2. The van der Waals surface area contributed by atoms with Crippen molar-refractivity contribution in [3.8, 4) is 0 Å². The fourth-order valence-corrected chi connectivity index (χ4v) is 7.24.